The Labute approximate surface area is 108 Å². The number of alkyl halides is 1. The third-order valence-corrected chi connectivity index (χ3v) is 2.40. The summed E-state index contributed by atoms with van der Waals surface area (Å²) in [5.74, 6) is -0.395. The average Bonchev–Trinajstić information content (AvgIpc) is 2.13. The molecule has 0 aliphatic rings. The number of halogens is 2. The summed E-state index contributed by atoms with van der Waals surface area (Å²) in [5.41, 5.74) is 0.556. The Kier molecular flexibility index (Phi) is 4.51. The van der Waals surface area contributed by atoms with Crippen molar-refractivity contribution in [2.45, 2.75) is 31.7 Å². The largest absolute Gasteiger partial charge is 0.444 e. The van der Waals surface area contributed by atoms with Crippen LogP contribution in [0.5, 0.6) is 0 Å². The SMILES string of the molecule is CC(C)(C)OC(=O)Nc1cc(F)cc(CBr)c1. The second-order valence-corrected chi connectivity index (χ2v) is 5.17. The molecule has 3 nitrogen and oxygen atoms in total. The lowest BCUT2D eigenvalue weighted by molar-refractivity contribution is 0.0636. The van der Waals surface area contributed by atoms with Crippen LogP contribution in [0.1, 0.15) is 26.3 Å². The molecule has 5 heteroatoms. The minimum atomic E-state index is -0.594. The van der Waals surface area contributed by atoms with Crippen LogP contribution >= 0.6 is 15.9 Å². The molecule has 1 aromatic carbocycles. The van der Waals surface area contributed by atoms with E-state index in [0.29, 0.717) is 11.0 Å². The van der Waals surface area contributed by atoms with Gasteiger partial charge in [-0.05, 0) is 44.5 Å². The van der Waals surface area contributed by atoms with Gasteiger partial charge in [-0.2, -0.15) is 0 Å². The third-order valence-electron chi connectivity index (χ3n) is 1.76. The highest BCUT2D eigenvalue weighted by Crippen LogP contribution is 2.17. The van der Waals surface area contributed by atoms with Crippen molar-refractivity contribution in [2.75, 3.05) is 5.32 Å². The van der Waals surface area contributed by atoms with Crippen molar-refractivity contribution in [3.63, 3.8) is 0 Å². The van der Waals surface area contributed by atoms with E-state index in [1.807, 2.05) is 0 Å². The molecule has 1 amide bonds. The number of rotatable bonds is 2. The van der Waals surface area contributed by atoms with Crippen LogP contribution in [0.15, 0.2) is 18.2 Å². The van der Waals surface area contributed by atoms with Gasteiger partial charge in [0.25, 0.3) is 0 Å². The first kappa shape index (κ1) is 14.0. The number of anilines is 1. The van der Waals surface area contributed by atoms with E-state index in [1.165, 1.54) is 12.1 Å². The van der Waals surface area contributed by atoms with Gasteiger partial charge in [-0.1, -0.05) is 15.9 Å². The van der Waals surface area contributed by atoms with Gasteiger partial charge in [0.2, 0.25) is 0 Å². The van der Waals surface area contributed by atoms with Crippen molar-refractivity contribution in [3.05, 3.63) is 29.6 Å². The van der Waals surface area contributed by atoms with Crippen LogP contribution in [0.4, 0.5) is 14.9 Å². The number of amides is 1. The Morgan fingerprint density at radius 2 is 2.06 bits per heavy atom. The number of hydrogen-bond acceptors (Lipinski definition) is 2. The minimum Gasteiger partial charge on any atom is -0.444 e. The Balaban J connectivity index is 2.74. The first-order chi connectivity index (χ1) is 7.80. The summed E-state index contributed by atoms with van der Waals surface area (Å²) in [4.78, 5) is 11.5. The lowest BCUT2D eigenvalue weighted by Crippen LogP contribution is -2.27. The highest BCUT2D eigenvalue weighted by atomic mass is 79.9. The van der Waals surface area contributed by atoms with Gasteiger partial charge in [0.05, 0.1) is 0 Å². The first-order valence-electron chi connectivity index (χ1n) is 5.15. The van der Waals surface area contributed by atoms with Crippen molar-refractivity contribution < 1.29 is 13.9 Å². The van der Waals surface area contributed by atoms with Crippen LogP contribution in [0.25, 0.3) is 0 Å². The van der Waals surface area contributed by atoms with Gasteiger partial charge >= 0.3 is 6.09 Å². The van der Waals surface area contributed by atoms with Gasteiger partial charge < -0.3 is 4.74 Å². The lowest BCUT2D eigenvalue weighted by atomic mass is 10.2. The zero-order valence-electron chi connectivity index (χ0n) is 10.0. The second kappa shape index (κ2) is 5.49. The maximum atomic E-state index is 13.2. The quantitative estimate of drug-likeness (QED) is 0.837. The van der Waals surface area contributed by atoms with Crippen molar-refractivity contribution in [1.82, 2.24) is 0 Å². The monoisotopic (exact) mass is 303 g/mol. The van der Waals surface area contributed by atoms with Crippen molar-refractivity contribution in [1.29, 1.82) is 0 Å². The molecule has 1 aromatic rings. The summed E-state index contributed by atoms with van der Waals surface area (Å²) in [7, 11) is 0. The maximum Gasteiger partial charge on any atom is 0.412 e. The molecule has 1 N–H and O–H groups in total. The molecule has 1 rings (SSSR count). The molecule has 0 bridgehead atoms. The summed E-state index contributed by atoms with van der Waals surface area (Å²) >= 11 is 3.23. The number of benzene rings is 1. The van der Waals surface area contributed by atoms with Crippen LogP contribution in [0.2, 0.25) is 0 Å². The van der Waals surface area contributed by atoms with Crippen LogP contribution in [0, 0.1) is 5.82 Å². The van der Waals surface area contributed by atoms with Crippen LogP contribution in [-0.4, -0.2) is 11.7 Å². The predicted molar refractivity (Wildman–Crippen MR) is 68.9 cm³/mol. The lowest BCUT2D eigenvalue weighted by Gasteiger charge is -2.19. The molecule has 0 aliphatic heterocycles. The molecule has 0 saturated carbocycles. The Bertz CT molecular complexity index is 415. The topological polar surface area (TPSA) is 38.3 Å². The van der Waals surface area contributed by atoms with Gasteiger partial charge in [0, 0.05) is 11.0 Å². The molecule has 0 unspecified atom stereocenters. The molecule has 0 spiro atoms. The molecule has 17 heavy (non-hydrogen) atoms. The normalized spacial score (nSPS) is 11.1. The molecule has 0 radical (unpaired) electrons. The molecule has 0 saturated heterocycles. The molecule has 0 aromatic heterocycles. The third kappa shape index (κ3) is 5.17. The second-order valence-electron chi connectivity index (χ2n) is 4.61. The molecule has 0 aliphatic carbocycles. The van der Waals surface area contributed by atoms with Gasteiger partial charge in [0.15, 0.2) is 0 Å². The van der Waals surface area contributed by atoms with E-state index in [2.05, 4.69) is 21.2 Å². The van der Waals surface area contributed by atoms with E-state index in [1.54, 1.807) is 26.8 Å². The molecule has 0 fully saturated rings. The number of nitrogens with one attached hydrogen (secondary N) is 1. The summed E-state index contributed by atoms with van der Waals surface area (Å²) < 4.78 is 18.3. The van der Waals surface area contributed by atoms with Gasteiger partial charge in [-0.3, -0.25) is 5.32 Å². The summed E-state index contributed by atoms with van der Waals surface area (Å²) in [6.45, 7) is 5.30. The fraction of sp³-hybridized carbons (Fsp3) is 0.417. The highest BCUT2D eigenvalue weighted by molar-refractivity contribution is 9.08. The van der Waals surface area contributed by atoms with Crippen LogP contribution < -0.4 is 5.32 Å². The van der Waals surface area contributed by atoms with E-state index in [0.717, 1.165) is 5.56 Å². The fourth-order valence-corrected chi connectivity index (χ4v) is 1.54. The molecule has 0 heterocycles. The number of carbonyl (C=O) groups is 1. The zero-order chi connectivity index (χ0) is 13.1. The number of ether oxygens (including phenoxy) is 1. The zero-order valence-corrected chi connectivity index (χ0v) is 11.6. The van der Waals surface area contributed by atoms with Gasteiger partial charge in [0.1, 0.15) is 11.4 Å². The Hall–Kier alpha value is -1.10. The number of carbonyl (C=O) groups excluding carboxylic acids is 1. The molecule has 94 valence electrons. The smallest absolute Gasteiger partial charge is 0.412 e. The van der Waals surface area contributed by atoms with E-state index in [9.17, 15) is 9.18 Å². The van der Waals surface area contributed by atoms with E-state index >= 15 is 0 Å². The molecular formula is C12H15BrFNO2. The predicted octanol–water partition coefficient (Wildman–Crippen LogP) is 4.07. The van der Waals surface area contributed by atoms with E-state index in [4.69, 9.17) is 4.74 Å². The molecular weight excluding hydrogens is 289 g/mol. The Morgan fingerprint density at radius 3 is 2.59 bits per heavy atom. The van der Waals surface area contributed by atoms with Gasteiger partial charge in [-0.15, -0.1) is 0 Å². The van der Waals surface area contributed by atoms with E-state index in [-0.39, 0.29) is 0 Å². The summed E-state index contributed by atoms with van der Waals surface area (Å²) in [6, 6.07) is 4.33. The van der Waals surface area contributed by atoms with Crippen molar-refractivity contribution >= 4 is 27.7 Å². The first-order valence-corrected chi connectivity index (χ1v) is 6.28. The summed E-state index contributed by atoms with van der Waals surface area (Å²) in [5, 5.41) is 3.01. The number of hydrogen-bond donors (Lipinski definition) is 1. The van der Waals surface area contributed by atoms with Crippen molar-refractivity contribution in [3.8, 4) is 0 Å². The molecule has 0 atom stereocenters. The van der Waals surface area contributed by atoms with Crippen molar-refractivity contribution in [2.24, 2.45) is 0 Å². The van der Waals surface area contributed by atoms with Crippen LogP contribution in [0.3, 0.4) is 0 Å². The standard InChI is InChI=1S/C12H15BrFNO2/c1-12(2,3)17-11(16)15-10-5-8(7-13)4-9(14)6-10/h4-6H,7H2,1-3H3,(H,15,16). The maximum absolute atomic E-state index is 13.2. The minimum absolute atomic E-state index is 0.383. The average molecular weight is 304 g/mol. The van der Waals surface area contributed by atoms with Crippen LogP contribution in [-0.2, 0) is 10.1 Å². The fourth-order valence-electron chi connectivity index (χ4n) is 1.22. The summed E-state index contributed by atoms with van der Waals surface area (Å²) in [6.07, 6.45) is -0.594. The Morgan fingerprint density at radius 1 is 1.41 bits per heavy atom. The highest BCUT2D eigenvalue weighted by Gasteiger charge is 2.16. The van der Waals surface area contributed by atoms with Gasteiger partial charge in [-0.25, -0.2) is 9.18 Å². The van der Waals surface area contributed by atoms with E-state index < -0.39 is 17.5 Å².